The molecule has 0 heterocycles. The highest BCUT2D eigenvalue weighted by molar-refractivity contribution is 5.66. The number of carbonyl (C=O) groups is 1. The lowest BCUT2D eigenvalue weighted by Crippen LogP contribution is -2.34. The van der Waals surface area contributed by atoms with Crippen LogP contribution < -0.4 is 0 Å². The van der Waals surface area contributed by atoms with Gasteiger partial charge in [0.15, 0.2) is 0 Å². The third-order valence-corrected chi connectivity index (χ3v) is 2.83. The summed E-state index contributed by atoms with van der Waals surface area (Å²) in [6.07, 6.45) is 5.21. The average molecular weight is 244 g/mol. The van der Waals surface area contributed by atoms with E-state index in [2.05, 4.69) is 16.7 Å². The molecule has 4 nitrogen and oxygen atoms in total. The standard InChI is InChI=1S/C13H28N2O2/c1-4-5-6-7-9-15(10-8-13(16)17)12-11-14(2)3/h4-12H2,1-3H3,(H,16,17). The van der Waals surface area contributed by atoms with E-state index >= 15 is 0 Å². The smallest absolute Gasteiger partial charge is 0.304 e. The van der Waals surface area contributed by atoms with Crippen molar-refractivity contribution in [2.24, 2.45) is 0 Å². The van der Waals surface area contributed by atoms with E-state index in [-0.39, 0.29) is 6.42 Å². The van der Waals surface area contributed by atoms with E-state index in [1.54, 1.807) is 0 Å². The fraction of sp³-hybridized carbons (Fsp3) is 0.923. The Morgan fingerprint density at radius 1 is 1.00 bits per heavy atom. The van der Waals surface area contributed by atoms with E-state index in [1.165, 1.54) is 25.7 Å². The number of likely N-dealkylation sites (N-methyl/N-ethyl adjacent to an activating group) is 1. The van der Waals surface area contributed by atoms with Crippen molar-refractivity contribution < 1.29 is 9.90 Å². The fourth-order valence-corrected chi connectivity index (χ4v) is 1.69. The quantitative estimate of drug-likeness (QED) is 0.564. The normalized spacial score (nSPS) is 11.4. The topological polar surface area (TPSA) is 43.8 Å². The monoisotopic (exact) mass is 244 g/mol. The minimum Gasteiger partial charge on any atom is -0.481 e. The van der Waals surface area contributed by atoms with Crippen LogP contribution in [0.4, 0.5) is 0 Å². The van der Waals surface area contributed by atoms with E-state index in [0.29, 0.717) is 6.54 Å². The molecule has 0 saturated heterocycles. The molecule has 0 aromatic rings. The van der Waals surface area contributed by atoms with Gasteiger partial charge in [-0.1, -0.05) is 26.2 Å². The lowest BCUT2D eigenvalue weighted by Gasteiger charge is -2.23. The SMILES string of the molecule is CCCCCCN(CCC(=O)O)CCN(C)C. The molecule has 1 N–H and O–H groups in total. The minimum absolute atomic E-state index is 0.251. The second kappa shape index (κ2) is 10.5. The van der Waals surface area contributed by atoms with Gasteiger partial charge < -0.3 is 14.9 Å². The van der Waals surface area contributed by atoms with Crippen molar-refractivity contribution in [3.63, 3.8) is 0 Å². The Kier molecular flexibility index (Phi) is 10.2. The van der Waals surface area contributed by atoms with Gasteiger partial charge in [0.05, 0.1) is 6.42 Å². The number of nitrogens with zero attached hydrogens (tertiary/aromatic N) is 2. The maximum absolute atomic E-state index is 10.6. The number of rotatable bonds is 11. The molecule has 0 atom stereocenters. The molecule has 0 unspecified atom stereocenters. The molecule has 0 amide bonds. The van der Waals surface area contributed by atoms with Gasteiger partial charge in [-0.25, -0.2) is 0 Å². The molecule has 0 aliphatic carbocycles. The molecule has 0 saturated carbocycles. The number of unbranched alkanes of at least 4 members (excludes halogenated alkanes) is 3. The zero-order chi connectivity index (χ0) is 13.1. The van der Waals surface area contributed by atoms with Gasteiger partial charge in [0.25, 0.3) is 0 Å². The molecule has 0 fully saturated rings. The molecule has 4 heteroatoms. The summed E-state index contributed by atoms with van der Waals surface area (Å²) in [6.45, 7) is 5.87. The third-order valence-electron chi connectivity index (χ3n) is 2.83. The number of hydrogen-bond donors (Lipinski definition) is 1. The van der Waals surface area contributed by atoms with Crippen LogP contribution in [0.5, 0.6) is 0 Å². The summed E-state index contributed by atoms with van der Waals surface area (Å²) in [5.74, 6) is -0.701. The second-order valence-electron chi connectivity index (χ2n) is 4.85. The van der Waals surface area contributed by atoms with E-state index in [9.17, 15) is 4.79 Å². The van der Waals surface area contributed by atoms with E-state index in [4.69, 9.17) is 5.11 Å². The van der Waals surface area contributed by atoms with Crippen molar-refractivity contribution in [3.05, 3.63) is 0 Å². The molecule has 0 aromatic carbocycles. The summed E-state index contributed by atoms with van der Waals surface area (Å²) >= 11 is 0. The molecule has 0 radical (unpaired) electrons. The zero-order valence-corrected chi connectivity index (χ0v) is 11.6. The lowest BCUT2D eigenvalue weighted by atomic mass is 10.2. The first kappa shape index (κ1) is 16.4. The van der Waals surface area contributed by atoms with E-state index < -0.39 is 5.97 Å². The summed E-state index contributed by atoms with van der Waals surface area (Å²) in [7, 11) is 4.10. The van der Waals surface area contributed by atoms with Crippen molar-refractivity contribution in [2.45, 2.75) is 39.0 Å². The number of aliphatic carboxylic acids is 1. The lowest BCUT2D eigenvalue weighted by molar-refractivity contribution is -0.137. The van der Waals surface area contributed by atoms with Crippen LogP contribution in [0.1, 0.15) is 39.0 Å². The molecule has 102 valence electrons. The molecule has 0 spiro atoms. The van der Waals surface area contributed by atoms with Gasteiger partial charge in [0, 0.05) is 19.6 Å². The van der Waals surface area contributed by atoms with Gasteiger partial charge in [-0.05, 0) is 27.1 Å². The molecule has 0 aromatic heterocycles. The summed E-state index contributed by atoms with van der Waals surface area (Å²) in [5, 5.41) is 8.71. The first-order chi connectivity index (χ1) is 8.06. The van der Waals surface area contributed by atoms with Gasteiger partial charge in [-0.2, -0.15) is 0 Å². The molecule has 0 bridgehead atoms. The first-order valence-corrected chi connectivity index (χ1v) is 6.65. The minimum atomic E-state index is -0.701. The number of carboxylic acid groups (broad SMARTS) is 1. The fourth-order valence-electron chi connectivity index (χ4n) is 1.69. The Labute approximate surface area is 106 Å². The maximum Gasteiger partial charge on any atom is 0.304 e. The van der Waals surface area contributed by atoms with Crippen LogP contribution in [0.3, 0.4) is 0 Å². The summed E-state index contributed by atoms with van der Waals surface area (Å²) in [6, 6.07) is 0. The van der Waals surface area contributed by atoms with Crippen LogP contribution in [-0.2, 0) is 4.79 Å². The van der Waals surface area contributed by atoms with Crippen molar-refractivity contribution in [2.75, 3.05) is 40.3 Å². The Hall–Kier alpha value is -0.610. The third kappa shape index (κ3) is 11.6. The maximum atomic E-state index is 10.6. The predicted octanol–water partition coefficient (Wildman–Crippen LogP) is 1.91. The van der Waals surface area contributed by atoms with Crippen LogP contribution in [0.2, 0.25) is 0 Å². The summed E-state index contributed by atoms with van der Waals surface area (Å²) in [5.41, 5.74) is 0. The van der Waals surface area contributed by atoms with Gasteiger partial charge in [-0.15, -0.1) is 0 Å². The second-order valence-corrected chi connectivity index (χ2v) is 4.85. The van der Waals surface area contributed by atoms with Crippen molar-refractivity contribution in [1.29, 1.82) is 0 Å². The van der Waals surface area contributed by atoms with E-state index in [1.807, 2.05) is 14.1 Å². The van der Waals surface area contributed by atoms with Crippen molar-refractivity contribution >= 4 is 5.97 Å². The molecule has 0 aliphatic rings. The average Bonchev–Trinajstić information content (AvgIpc) is 2.26. The highest BCUT2D eigenvalue weighted by Gasteiger charge is 2.07. The van der Waals surface area contributed by atoms with Crippen LogP contribution in [0.15, 0.2) is 0 Å². The molecular weight excluding hydrogens is 216 g/mol. The highest BCUT2D eigenvalue weighted by atomic mass is 16.4. The highest BCUT2D eigenvalue weighted by Crippen LogP contribution is 2.02. The number of hydrogen-bond acceptors (Lipinski definition) is 3. The molecule has 17 heavy (non-hydrogen) atoms. The van der Waals surface area contributed by atoms with Crippen LogP contribution in [0.25, 0.3) is 0 Å². The van der Waals surface area contributed by atoms with Crippen LogP contribution >= 0.6 is 0 Å². The van der Waals surface area contributed by atoms with Gasteiger partial charge >= 0.3 is 5.97 Å². The van der Waals surface area contributed by atoms with Gasteiger partial charge in [0.1, 0.15) is 0 Å². The van der Waals surface area contributed by atoms with Gasteiger partial charge in [0.2, 0.25) is 0 Å². The molecule has 0 aliphatic heterocycles. The van der Waals surface area contributed by atoms with Crippen LogP contribution in [-0.4, -0.2) is 61.2 Å². The Balaban J connectivity index is 3.79. The molecular formula is C13H28N2O2. The summed E-state index contributed by atoms with van der Waals surface area (Å²) < 4.78 is 0. The van der Waals surface area contributed by atoms with Crippen molar-refractivity contribution in [1.82, 2.24) is 9.80 Å². The largest absolute Gasteiger partial charge is 0.481 e. The first-order valence-electron chi connectivity index (χ1n) is 6.65. The van der Waals surface area contributed by atoms with Crippen molar-refractivity contribution in [3.8, 4) is 0 Å². The van der Waals surface area contributed by atoms with Crippen LogP contribution in [0, 0.1) is 0 Å². The zero-order valence-electron chi connectivity index (χ0n) is 11.6. The number of carboxylic acids is 1. The predicted molar refractivity (Wildman–Crippen MR) is 71.4 cm³/mol. The summed E-state index contributed by atoms with van der Waals surface area (Å²) in [4.78, 5) is 15.0. The Morgan fingerprint density at radius 3 is 2.24 bits per heavy atom. The Bertz CT molecular complexity index is 196. The van der Waals surface area contributed by atoms with E-state index in [0.717, 1.165) is 19.6 Å². The Morgan fingerprint density at radius 2 is 1.71 bits per heavy atom. The molecule has 0 rings (SSSR count). The van der Waals surface area contributed by atoms with Gasteiger partial charge in [-0.3, -0.25) is 4.79 Å².